The Balaban J connectivity index is 1.45. The average Bonchev–Trinajstić information content (AvgIpc) is 3.15. The number of hydrogen-bond acceptors (Lipinski definition) is 4. The minimum absolute atomic E-state index is 0.162. The van der Waals surface area contributed by atoms with Crippen molar-refractivity contribution in [3.8, 4) is 0 Å². The number of carbonyl (C=O) groups is 1. The number of aliphatic hydroxyl groups is 1. The molecular formula is C18H16N2O2S. The number of hydrogen-bond donors (Lipinski definition) is 2. The lowest BCUT2D eigenvalue weighted by Crippen LogP contribution is -2.43. The predicted molar refractivity (Wildman–Crippen MR) is 90.8 cm³/mol. The standard InChI is InChI=1S/C18H16N2O2S/c21-17(12-5-6-15-16(7-12)23-11-20-15)19-10-18(22)8-13-3-1-2-4-14(13)9-18/h1-7,11,22H,8-10H2,(H,19,21). The van der Waals surface area contributed by atoms with E-state index in [4.69, 9.17) is 0 Å². The zero-order valence-electron chi connectivity index (χ0n) is 12.5. The highest BCUT2D eigenvalue weighted by molar-refractivity contribution is 7.16. The number of nitrogens with one attached hydrogen (secondary N) is 1. The monoisotopic (exact) mass is 324 g/mol. The first kappa shape index (κ1) is 14.4. The van der Waals surface area contributed by atoms with Crippen LogP contribution in [0.4, 0.5) is 0 Å². The third-order valence-electron chi connectivity index (χ3n) is 4.33. The average molecular weight is 324 g/mol. The van der Waals surface area contributed by atoms with E-state index in [0.717, 1.165) is 21.3 Å². The number of thiazole rings is 1. The van der Waals surface area contributed by atoms with Crippen LogP contribution in [-0.2, 0) is 12.8 Å². The summed E-state index contributed by atoms with van der Waals surface area (Å²) < 4.78 is 0.990. The predicted octanol–water partition coefficient (Wildman–Crippen LogP) is 2.56. The summed E-state index contributed by atoms with van der Waals surface area (Å²) in [5.74, 6) is -0.162. The van der Waals surface area contributed by atoms with E-state index in [1.165, 1.54) is 11.3 Å². The van der Waals surface area contributed by atoms with E-state index >= 15 is 0 Å². The van der Waals surface area contributed by atoms with Gasteiger partial charge >= 0.3 is 0 Å². The van der Waals surface area contributed by atoms with Crippen LogP contribution in [0.1, 0.15) is 21.5 Å². The molecule has 0 saturated carbocycles. The first-order chi connectivity index (χ1) is 11.1. The maximum absolute atomic E-state index is 12.3. The fraction of sp³-hybridized carbons (Fsp3) is 0.222. The third-order valence-corrected chi connectivity index (χ3v) is 5.12. The van der Waals surface area contributed by atoms with Crippen LogP contribution in [0.25, 0.3) is 10.2 Å². The van der Waals surface area contributed by atoms with Crippen molar-refractivity contribution in [3.63, 3.8) is 0 Å². The zero-order chi connectivity index (χ0) is 15.9. The highest BCUT2D eigenvalue weighted by atomic mass is 32.1. The quantitative estimate of drug-likeness (QED) is 0.778. The summed E-state index contributed by atoms with van der Waals surface area (Å²) in [6, 6.07) is 13.5. The van der Waals surface area contributed by atoms with Crippen molar-refractivity contribution in [2.24, 2.45) is 0 Å². The van der Waals surface area contributed by atoms with Gasteiger partial charge in [0.2, 0.25) is 0 Å². The van der Waals surface area contributed by atoms with Crippen molar-refractivity contribution in [1.82, 2.24) is 10.3 Å². The minimum atomic E-state index is -0.895. The number of aromatic nitrogens is 1. The minimum Gasteiger partial charge on any atom is -0.387 e. The Hall–Kier alpha value is -2.24. The van der Waals surface area contributed by atoms with E-state index in [0.29, 0.717) is 18.4 Å². The maximum Gasteiger partial charge on any atom is 0.251 e. The van der Waals surface area contributed by atoms with E-state index < -0.39 is 5.60 Å². The fourth-order valence-corrected chi connectivity index (χ4v) is 3.86. The molecule has 0 saturated heterocycles. The summed E-state index contributed by atoms with van der Waals surface area (Å²) in [6.07, 6.45) is 1.16. The molecule has 3 aromatic rings. The van der Waals surface area contributed by atoms with Gasteiger partial charge in [-0.3, -0.25) is 4.79 Å². The normalized spacial score (nSPS) is 15.5. The van der Waals surface area contributed by atoms with Crippen LogP contribution in [0.2, 0.25) is 0 Å². The molecule has 4 rings (SSSR count). The highest BCUT2D eigenvalue weighted by Gasteiger charge is 2.35. The summed E-state index contributed by atoms with van der Waals surface area (Å²) in [5.41, 5.74) is 4.70. The Morgan fingerprint density at radius 1 is 1.22 bits per heavy atom. The molecule has 0 fully saturated rings. The number of rotatable bonds is 3. The Morgan fingerprint density at radius 3 is 2.70 bits per heavy atom. The molecule has 1 heterocycles. The Morgan fingerprint density at radius 2 is 1.96 bits per heavy atom. The van der Waals surface area contributed by atoms with E-state index in [1.54, 1.807) is 11.6 Å². The fourth-order valence-electron chi connectivity index (χ4n) is 3.14. The van der Waals surface area contributed by atoms with Gasteiger partial charge in [-0.2, -0.15) is 0 Å². The van der Waals surface area contributed by atoms with Crippen LogP contribution in [0.3, 0.4) is 0 Å². The number of carbonyl (C=O) groups excluding carboxylic acids is 1. The summed E-state index contributed by atoms with van der Waals surface area (Å²) in [5, 5.41) is 13.6. The van der Waals surface area contributed by atoms with Crippen molar-refractivity contribution in [1.29, 1.82) is 0 Å². The van der Waals surface area contributed by atoms with Gasteiger partial charge in [-0.15, -0.1) is 11.3 Å². The number of amides is 1. The second-order valence-corrected chi connectivity index (χ2v) is 6.95. The molecule has 0 spiro atoms. The molecule has 5 heteroatoms. The molecule has 0 bridgehead atoms. The van der Waals surface area contributed by atoms with Crippen molar-refractivity contribution in [3.05, 3.63) is 64.7 Å². The van der Waals surface area contributed by atoms with Gasteiger partial charge in [-0.1, -0.05) is 24.3 Å². The van der Waals surface area contributed by atoms with Crippen molar-refractivity contribution < 1.29 is 9.90 Å². The van der Waals surface area contributed by atoms with Gasteiger partial charge in [0.25, 0.3) is 5.91 Å². The van der Waals surface area contributed by atoms with Crippen LogP contribution in [0, 0.1) is 0 Å². The van der Waals surface area contributed by atoms with E-state index in [9.17, 15) is 9.90 Å². The molecule has 23 heavy (non-hydrogen) atoms. The van der Waals surface area contributed by atoms with Crippen LogP contribution in [-0.4, -0.2) is 28.1 Å². The Bertz CT molecular complexity index is 862. The molecule has 116 valence electrons. The van der Waals surface area contributed by atoms with E-state index in [1.807, 2.05) is 36.4 Å². The molecule has 0 atom stereocenters. The molecular weight excluding hydrogens is 308 g/mol. The van der Waals surface area contributed by atoms with E-state index in [-0.39, 0.29) is 12.5 Å². The van der Waals surface area contributed by atoms with E-state index in [2.05, 4.69) is 10.3 Å². The van der Waals surface area contributed by atoms with Gasteiger partial charge in [0.05, 0.1) is 21.3 Å². The Kier molecular flexibility index (Phi) is 3.39. The lowest BCUT2D eigenvalue weighted by atomic mass is 10.0. The van der Waals surface area contributed by atoms with Crippen LogP contribution < -0.4 is 5.32 Å². The topological polar surface area (TPSA) is 62.2 Å². The van der Waals surface area contributed by atoms with Crippen LogP contribution in [0.15, 0.2) is 48.0 Å². The first-order valence-electron chi connectivity index (χ1n) is 7.54. The molecule has 1 aliphatic rings. The molecule has 1 amide bonds. The van der Waals surface area contributed by atoms with Gasteiger partial charge in [0.15, 0.2) is 0 Å². The van der Waals surface area contributed by atoms with Crippen molar-refractivity contribution >= 4 is 27.5 Å². The molecule has 4 nitrogen and oxygen atoms in total. The van der Waals surface area contributed by atoms with Gasteiger partial charge in [-0.25, -0.2) is 4.98 Å². The number of benzene rings is 2. The van der Waals surface area contributed by atoms with Crippen LogP contribution >= 0.6 is 11.3 Å². The first-order valence-corrected chi connectivity index (χ1v) is 8.42. The number of fused-ring (bicyclic) bond motifs is 2. The van der Waals surface area contributed by atoms with Gasteiger partial charge in [0, 0.05) is 24.9 Å². The van der Waals surface area contributed by atoms with Gasteiger partial charge < -0.3 is 10.4 Å². The molecule has 1 aliphatic carbocycles. The molecule has 0 unspecified atom stereocenters. The second kappa shape index (κ2) is 5.44. The lowest BCUT2D eigenvalue weighted by Gasteiger charge is -2.22. The van der Waals surface area contributed by atoms with Crippen molar-refractivity contribution in [2.75, 3.05) is 6.54 Å². The lowest BCUT2D eigenvalue weighted by molar-refractivity contribution is 0.0480. The smallest absolute Gasteiger partial charge is 0.251 e. The molecule has 0 radical (unpaired) electrons. The molecule has 2 N–H and O–H groups in total. The second-order valence-electron chi connectivity index (χ2n) is 6.06. The summed E-state index contributed by atoms with van der Waals surface area (Å²) >= 11 is 1.51. The molecule has 2 aromatic carbocycles. The van der Waals surface area contributed by atoms with Gasteiger partial charge in [-0.05, 0) is 29.3 Å². The zero-order valence-corrected chi connectivity index (χ0v) is 13.3. The summed E-state index contributed by atoms with van der Waals surface area (Å²) in [7, 11) is 0. The van der Waals surface area contributed by atoms with Gasteiger partial charge in [0.1, 0.15) is 0 Å². The Labute approximate surface area is 137 Å². The van der Waals surface area contributed by atoms with Crippen molar-refractivity contribution in [2.45, 2.75) is 18.4 Å². The molecule has 1 aromatic heterocycles. The summed E-state index contributed by atoms with van der Waals surface area (Å²) in [6.45, 7) is 0.251. The SMILES string of the molecule is O=C(NCC1(O)Cc2ccccc2C1)c1ccc2ncsc2c1. The summed E-state index contributed by atoms with van der Waals surface area (Å²) in [4.78, 5) is 16.6. The molecule has 0 aliphatic heterocycles. The highest BCUT2D eigenvalue weighted by Crippen LogP contribution is 2.29. The number of nitrogens with zero attached hydrogens (tertiary/aromatic N) is 1. The third kappa shape index (κ3) is 2.73. The van der Waals surface area contributed by atoms with Crippen LogP contribution in [0.5, 0.6) is 0 Å². The maximum atomic E-state index is 12.3. The largest absolute Gasteiger partial charge is 0.387 e.